The maximum atomic E-state index is 12.9. The van der Waals surface area contributed by atoms with Gasteiger partial charge >= 0.3 is 0 Å². The van der Waals surface area contributed by atoms with Crippen LogP contribution < -0.4 is 5.32 Å². The smallest absolute Gasteiger partial charge is 0.241 e. The van der Waals surface area contributed by atoms with Gasteiger partial charge in [-0.3, -0.25) is 4.79 Å². The van der Waals surface area contributed by atoms with Crippen LogP contribution in [0.4, 0.5) is 5.82 Å². The number of nitrogens with one attached hydrogen (secondary N) is 1. The van der Waals surface area contributed by atoms with E-state index in [1.807, 2.05) is 39.0 Å². The molecule has 0 bridgehead atoms. The number of rotatable bonds is 7. The van der Waals surface area contributed by atoms with E-state index in [-0.39, 0.29) is 12.5 Å². The van der Waals surface area contributed by atoms with Crippen LogP contribution in [-0.2, 0) is 4.79 Å². The number of piperidine rings is 1. The van der Waals surface area contributed by atoms with Crippen molar-refractivity contribution in [1.29, 1.82) is 0 Å². The molecule has 32 heavy (non-hydrogen) atoms. The zero-order chi connectivity index (χ0) is 22.7. The number of hydrazine groups is 1. The summed E-state index contributed by atoms with van der Waals surface area (Å²) in [6, 6.07) is 7.42. The van der Waals surface area contributed by atoms with E-state index in [0.29, 0.717) is 23.2 Å². The van der Waals surface area contributed by atoms with Gasteiger partial charge in [0.2, 0.25) is 5.91 Å². The van der Waals surface area contributed by atoms with E-state index in [0.717, 1.165) is 36.8 Å². The van der Waals surface area contributed by atoms with E-state index < -0.39 is 0 Å². The molecule has 1 amide bonds. The third kappa shape index (κ3) is 5.05. The van der Waals surface area contributed by atoms with Gasteiger partial charge < -0.3 is 9.73 Å². The second kappa shape index (κ2) is 9.62. The maximum absolute atomic E-state index is 12.9. The van der Waals surface area contributed by atoms with Gasteiger partial charge in [0.1, 0.15) is 11.6 Å². The molecule has 1 aliphatic heterocycles. The minimum atomic E-state index is -0.114. The molecule has 4 heterocycles. The molecule has 0 spiro atoms. The zero-order valence-electron chi connectivity index (χ0n) is 19.3. The first-order valence-corrected chi connectivity index (χ1v) is 11.2. The van der Waals surface area contributed by atoms with Gasteiger partial charge in [0, 0.05) is 31.4 Å². The molecule has 3 aromatic rings. The average molecular weight is 438 g/mol. The van der Waals surface area contributed by atoms with Crippen molar-refractivity contribution in [1.82, 2.24) is 29.8 Å². The highest BCUT2D eigenvalue weighted by atomic mass is 16.3. The molecule has 1 saturated heterocycles. The predicted molar refractivity (Wildman–Crippen MR) is 122 cm³/mol. The van der Waals surface area contributed by atoms with Crippen LogP contribution in [-0.4, -0.2) is 61.9 Å². The molecule has 0 saturated carbocycles. The number of carbonyl (C=O) groups excluding carboxylic acids is 1. The Balaban J connectivity index is 1.60. The molecule has 0 unspecified atom stereocenters. The lowest BCUT2D eigenvalue weighted by atomic mass is 10.2. The number of aryl methyl sites for hydroxylation is 3. The van der Waals surface area contributed by atoms with Crippen molar-refractivity contribution in [3.8, 4) is 17.4 Å². The molecule has 9 heteroatoms. The van der Waals surface area contributed by atoms with Gasteiger partial charge in [-0.2, -0.15) is 5.10 Å². The summed E-state index contributed by atoms with van der Waals surface area (Å²) in [7, 11) is 0. The Morgan fingerprint density at radius 3 is 2.53 bits per heavy atom. The monoisotopic (exact) mass is 437 g/mol. The Hall–Kier alpha value is -3.04. The summed E-state index contributed by atoms with van der Waals surface area (Å²) in [5.41, 5.74) is 1.84. The summed E-state index contributed by atoms with van der Waals surface area (Å²) < 4.78 is 7.48. The van der Waals surface area contributed by atoms with E-state index in [1.54, 1.807) is 10.7 Å². The summed E-state index contributed by atoms with van der Waals surface area (Å²) in [6.45, 7) is 10.9. The van der Waals surface area contributed by atoms with Crippen LogP contribution >= 0.6 is 0 Å². The Labute approximate surface area is 188 Å². The number of nitrogens with zero attached hydrogens (tertiary/aromatic N) is 6. The summed E-state index contributed by atoms with van der Waals surface area (Å²) in [4.78, 5) is 22.1. The molecule has 0 radical (unpaired) electrons. The van der Waals surface area contributed by atoms with Gasteiger partial charge in [0.15, 0.2) is 17.4 Å². The lowest BCUT2D eigenvalue weighted by Gasteiger charge is -2.36. The van der Waals surface area contributed by atoms with Crippen molar-refractivity contribution in [2.45, 2.75) is 47.0 Å². The van der Waals surface area contributed by atoms with Gasteiger partial charge in [-0.05, 0) is 51.8 Å². The number of hydrogen-bond donors (Lipinski definition) is 1. The standard InChI is InChI=1S/C23H31N7O2/c1-5-28(29-11-7-6-8-12-29)15-22(31)24-20-14-21(30-17(3)13-16(2)27-30)26-23(25-20)19-10-9-18(4)32-19/h9-10,13-14H,5-8,11-12,15H2,1-4H3,(H,24,25,26,31). The summed E-state index contributed by atoms with van der Waals surface area (Å²) in [5, 5.41) is 11.9. The molecule has 170 valence electrons. The molecule has 1 aliphatic rings. The number of amides is 1. The molecule has 4 rings (SSSR count). The van der Waals surface area contributed by atoms with Crippen molar-refractivity contribution in [3.05, 3.63) is 41.4 Å². The van der Waals surface area contributed by atoms with Gasteiger partial charge in [-0.25, -0.2) is 24.7 Å². The Morgan fingerprint density at radius 1 is 1.12 bits per heavy atom. The van der Waals surface area contributed by atoms with Crippen molar-refractivity contribution in [2.75, 3.05) is 31.5 Å². The van der Waals surface area contributed by atoms with E-state index >= 15 is 0 Å². The van der Waals surface area contributed by atoms with Crippen molar-refractivity contribution < 1.29 is 9.21 Å². The molecule has 0 aliphatic carbocycles. The van der Waals surface area contributed by atoms with Crippen LogP contribution in [0.1, 0.15) is 43.3 Å². The fourth-order valence-corrected chi connectivity index (χ4v) is 4.05. The SMILES string of the molecule is CCN(CC(=O)Nc1cc(-n2nc(C)cc2C)nc(-c2ccc(C)o2)n1)N1CCCCC1. The first-order chi connectivity index (χ1) is 15.4. The third-order valence-corrected chi connectivity index (χ3v) is 5.59. The van der Waals surface area contributed by atoms with Gasteiger partial charge in [0.25, 0.3) is 0 Å². The highest BCUT2D eigenvalue weighted by molar-refractivity contribution is 5.91. The van der Waals surface area contributed by atoms with Crippen molar-refractivity contribution in [2.24, 2.45) is 0 Å². The Bertz CT molecular complexity index is 1080. The van der Waals surface area contributed by atoms with Crippen LogP contribution in [0.3, 0.4) is 0 Å². The number of furan rings is 1. The molecule has 1 N–H and O–H groups in total. The minimum Gasteiger partial charge on any atom is -0.458 e. The largest absolute Gasteiger partial charge is 0.458 e. The van der Waals surface area contributed by atoms with Crippen molar-refractivity contribution >= 4 is 11.7 Å². The summed E-state index contributed by atoms with van der Waals surface area (Å²) in [5.74, 6) is 2.61. The molecule has 3 aromatic heterocycles. The van der Waals surface area contributed by atoms with Crippen LogP contribution in [0, 0.1) is 20.8 Å². The summed E-state index contributed by atoms with van der Waals surface area (Å²) >= 11 is 0. The number of anilines is 1. The van der Waals surface area contributed by atoms with Gasteiger partial charge in [-0.15, -0.1) is 0 Å². The Morgan fingerprint density at radius 2 is 1.91 bits per heavy atom. The van der Waals surface area contributed by atoms with Crippen LogP contribution in [0.15, 0.2) is 28.7 Å². The molecular weight excluding hydrogens is 406 g/mol. The normalized spacial score (nSPS) is 14.8. The van der Waals surface area contributed by atoms with Gasteiger partial charge in [0.05, 0.1) is 12.2 Å². The second-order valence-electron chi connectivity index (χ2n) is 8.23. The Kier molecular flexibility index (Phi) is 6.66. The summed E-state index contributed by atoms with van der Waals surface area (Å²) in [6.07, 6.45) is 3.59. The lowest BCUT2D eigenvalue weighted by Crippen LogP contribution is -2.48. The zero-order valence-corrected chi connectivity index (χ0v) is 19.3. The highest BCUT2D eigenvalue weighted by Gasteiger charge is 2.20. The lowest BCUT2D eigenvalue weighted by molar-refractivity contribution is -0.123. The number of aromatic nitrogens is 4. The van der Waals surface area contributed by atoms with Crippen LogP contribution in [0.2, 0.25) is 0 Å². The maximum Gasteiger partial charge on any atom is 0.241 e. The van der Waals surface area contributed by atoms with E-state index in [4.69, 9.17) is 4.42 Å². The van der Waals surface area contributed by atoms with E-state index in [1.165, 1.54) is 19.3 Å². The molecule has 1 fully saturated rings. The quantitative estimate of drug-likeness (QED) is 0.605. The van der Waals surface area contributed by atoms with Crippen molar-refractivity contribution in [3.63, 3.8) is 0 Å². The first kappa shape index (κ1) is 22.2. The third-order valence-electron chi connectivity index (χ3n) is 5.59. The molecule has 0 atom stereocenters. The first-order valence-electron chi connectivity index (χ1n) is 11.2. The van der Waals surface area contributed by atoms with E-state index in [9.17, 15) is 4.79 Å². The fraction of sp³-hybridized carbons (Fsp3) is 0.478. The minimum absolute atomic E-state index is 0.114. The van der Waals surface area contributed by atoms with Crippen LogP contribution in [0.25, 0.3) is 17.4 Å². The van der Waals surface area contributed by atoms with Crippen LogP contribution in [0.5, 0.6) is 0 Å². The molecule has 0 aromatic carbocycles. The predicted octanol–water partition coefficient (Wildman–Crippen LogP) is 3.51. The van der Waals surface area contributed by atoms with E-state index in [2.05, 4.69) is 37.3 Å². The molecular formula is C23H31N7O2. The number of carbonyl (C=O) groups is 1. The second-order valence-corrected chi connectivity index (χ2v) is 8.23. The highest BCUT2D eigenvalue weighted by Crippen LogP contribution is 2.23. The fourth-order valence-electron chi connectivity index (χ4n) is 4.05. The molecule has 9 nitrogen and oxygen atoms in total. The van der Waals surface area contributed by atoms with Gasteiger partial charge in [-0.1, -0.05) is 13.3 Å². The topological polar surface area (TPSA) is 92.3 Å². The number of hydrogen-bond acceptors (Lipinski definition) is 7. The number of likely N-dealkylation sites (N-methyl/N-ethyl adjacent to an activating group) is 1. The average Bonchev–Trinajstić information content (AvgIpc) is 3.37.